The van der Waals surface area contributed by atoms with E-state index in [0.29, 0.717) is 19.7 Å². The molecule has 1 N–H and O–H groups in total. The van der Waals surface area contributed by atoms with E-state index < -0.39 is 28.0 Å². The number of nitrogens with zero attached hydrogens (tertiary/aromatic N) is 1. The van der Waals surface area contributed by atoms with Crippen LogP contribution in [0.5, 0.6) is 0 Å². The van der Waals surface area contributed by atoms with Gasteiger partial charge in [0.2, 0.25) is 15.8 Å². The Balaban J connectivity index is 2.13. The predicted octanol–water partition coefficient (Wildman–Crippen LogP) is 2.13. The summed E-state index contributed by atoms with van der Waals surface area (Å²) >= 11 is 6.09. The fourth-order valence-corrected chi connectivity index (χ4v) is 4.10. The average Bonchev–Trinajstić information content (AvgIpc) is 2.70. The van der Waals surface area contributed by atoms with E-state index in [1.54, 1.807) is 13.8 Å². The van der Waals surface area contributed by atoms with Crippen molar-refractivity contribution in [1.29, 1.82) is 0 Å². The number of carbonyl (C=O) groups is 2. The Morgan fingerprint density at radius 3 is 2.55 bits per heavy atom. The number of sulfonamides is 1. The molecule has 9 nitrogen and oxygen atoms in total. The minimum atomic E-state index is -3.73. The highest BCUT2D eigenvalue weighted by Crippen LogP contribution is 2.27. The number of hydrogen-bond donors (Lipinski definition) is 1. The van der Waals surface area contributed by atoms with Gasteiger partial charge in [0, 0.05) is 13.1 Å². The molecule has 1 atom stereocenters. The van der Waals surface area contributed by atoms with E-state index >= 15 is 0 Å². The number of halogens is 1. The van der Waals surface area contributed by atoms with Gasteiger partial charge in [-0.05, 0) is 25.1 Å². The average molecular weight is 447 g/mol. The summed E-state index contributed by atoms with van der Waals surface area (Å²) in [6.07, 6.45) is -0.0671. The molecule has 0 bridgehead atoms. The highest BCUT2D eigenvalue weighted by Gasteiger charge is 2.26. The van der Waals surface area contributed by atoms with Crippen molar-refractivity contribution in [2.45, 2.75) is 31.8 Å². The molecule has 1 amide bonds. The fraction of sp³-hybridized carbons (Fsp3) is 0.444. The van der Waals surface area contributed by atoms with Crippen molar-refractivity contribution in [3.05, 3.63) is 35.2 Å². The molecule has 1 aliphatic rings. The van der Waals surface area contributed by atoms with Crippen LogP contribution >= 0.6 is 11.6 Å². The quantitative estimate of drug-likeness (QED) is 0.609. The standard InChI is InChI=1S/C18H23ClN2O7S/c1-4-21(5-2)29(24,25)13-6-7-14(19)15(10-13)20-17(22)12(3)28-18(23)16-11-26-8-9-27-16/h6-7,10-12H,4-5,8-9H2,1-3H3,(H,20,22)/t12-/m0/s1. The third-order valence-electron chi connectivity index (χ3n) is 4.04. The van der Waals surface area contributed by atoms with E-state index in [1.807, 2.05) is 0 Å². The van der Waals surface area contributed by atoms with Crippen LogP contribution in [-0.4, -0.2) is 57.0 Å². The third-order valence-corrected chi connectivity index (χ3v) is 6.42. The summed E-state index contributed by atoms with van der Waals surface area (Å²) in [5, 5.41) is 2.62. The molecule has 0 aromatic heterocycles. The third kappa shape index (κ3) is 5.62. The van der Waals surface area contributed by atoms with Crippen molar-refractivity contribution in [2.24, 2.45) is 0 Å². The van der Waals surface area contributed by atoms with E-state index in [-0.39, 0.29) is 28.0 Å². The zero-order valence-corrected chi connectivity index (χ0v) is 17.9. The van der Waals surface area contributed by atoms with Gasteiger partial charge in [0.1, 0.15) is 19.5 Å². The summed E-state index contributed by atoms with van der Waals surface area (Å²) in [4.78, 5) is 24.4. The van der Waals surface area contributed by atoms with Crippen LogP contribution in [0.15, 0.2) is 35.1 Å². The number of anilines is 1. The highest BCUT2D eigenvalue weighted by atomic mass is 35.5. The molecule has 0 aliphatic carbocycles. The van der Waals surface area contributed by atoms with Gasteiger partial charge in [-0.15, -0.1) is 0 Å². The number of hydrogen-bond acceptors (Lipinski definition) is 7. The van der Waals surface area contributed by atoms with Crippen molar-refractivity contribution in [3.8, 4) is 0 Å². The first kappa shape index (κ1) is 23.0. The van der Waals surface area contributed by atoms with Crippen LogP contribution in [0.2, 0.25) is 5.02 Å². The Labute approximate surface area is 174 Å². The normalized spacial score (nSPS) is 15.0. The van der Waals surface area contributed by atoms with E-state index in [1.165, 1.54) is 29.4 Å². The lowest BCUT2D eigenvalue weighted by Crippen LogP contribution is -2.32. The Morgan fingerprint density at radius 1 is 1.28 bits per heavy atom. The van der Waals surface area contributed by atoms with Crippen LogP contribution in [0.25, 0.3) is 0 Å². The van der Waals surface area contributed by atoms with Crippen LogP contribution in [-0.2, 0) is 33.8 Å². The van der Waals surface area contributed by atoms with Gasteiger partial charge in [-0.1, -0.05) is 25.4 Å². The van der Waals surface area contributed by atoms with E-state index in [2.05, 4.69) is 5.32 Å². The van der Waals surface area contributed by atoms with Crippen molar-refractivity contribution < 1.29 is 32.2 Å². The molecule has 0 radical (unpaired) electrons. The van der Waals surface area contributed by atoms with Crippen molar-refractivity contribution in [3.63, 3.8) is 0 Å². The van der Waals surface area contributed by atoms with Crippen LogP contribution in [0.4, 0.5) is 5.69 Å². The second-order valence-corrected chi connectivity index (χ2v) is 8.31. The minimum absolute atomic E-state index is 0.0107. The topological polar surface area (TPSA) is 111 Å². The number of rotatable bonds is 8. The molecule has 0 spiro atoms. The lowest BCUT2D eigenvalue weighted by Gasteiger charge is -2.20. The number of amides is 1. The summed E-state index contributed by atoms with van der Waals surface area (Å²) in [6.45, 7) is 5.94. The molecule has 0 saturated heterocycles. The van der Waals surface area contributed by atoms with Crippen molar-refractivity contribution >= 4 is 39.2 Å². The molecule has 160 valence electrons. The molecule has 11 heteroatoms. The number of esters is 1. The van der Waals surface area contributed by atoms with Gasteiger partial charge in [0.15, 0.2) is 6.10 Å². The number of nitrogens with one attached hydrogen (secondary N) is 1. The Bertz CT molecular complexity index is 897. The molecular weight excluding hydrogens is 424 g/mol. The molecule has 1 heterocycles. The molecule has 0 unspecified atom stereocenters. The smallest absolute Gasteiger partial charge is 0.377 e. The van der Waals surface area contributed by atoms with E-state index in [0.717, 1.165) is 6.26 Å². The second-order valence-electron chi connectivity index (χ2n) is 5.97. The Hall–Kier alpha value is -2.30. The van der Waals surface area contributed by atoms with Crippen molar-refractivity contribution in [2.75, 3.05) is 31.6 Å². The summed E-state index contributed by atoms with van der Waals surface area (Å²) in [7, 11) is -3.73. The Kier molecular flexibility index (Phi) is 7.88. The SMILES string of the molecule is CCN(CC)S(=O)(=O)c1ccc(Cl)c(NC(=O)[C@H](C)OC(=O)C2=COCCO2)c1. The molecule has 0 saturated carbocycles. The van der Waals surface area contributed by atoms with Crippen LogP contribution in [0, 0.1) is 0 Å². The molecule has 29 heavy (non-hydrogen) atoms. The first-order valence-corrected chi connectivity index (χ1v) is 10.8. The number of carbonyl (C=O) groups excluding carboxylic acids is 2. The second kappa shape index (κ2) is 9.95. The van der Waals surface area contributed by atoms with Crippen molar-refractivity contribution in [1.82, 2.24) is 4.31 Å². The summed E-state index contributed by atoms with van der Waals surface area (Å²) in [6, 6.07) is 4.01. The lowest BCUT2D eigenvalue weighted by atomic mass is 10.3. The summed E-state index contributed by atoms with van der Waals surface area (Å²) in [5.41, 5.74) is 0.0873. The first-order chi connectivity index (χ1) is 13.7. The van der Waals surface area contributed by atoms with Gasteiger partial charge in [0.25, 0.3) is 5.91 Å². The maximum absolute atomic E-state index is 12.7. The molecule has 2 rings (SSSR count). The van der Waals surface area contributed by atoms with Gasteiger partial charge < -0.3 is 19.5 Å². The van der Waals surface area contributed by atoms with Crippen LogP contribution in [0.3, 0.4) is 0 Å². The number of ether oxygens (including phenoxy) is 3. The maximum Gasteiger partial charge on any atom is 0.377 e. The molecule has 1 aliphatic heterocycles. The first-order valence-electron chi connectivity index (χ1n) is 8.96. The van der Waals surface area contributed by atoms with E-state index in [4.69, 9.17) is 25.8 Å². The molecule has 1 aromatic carbocycles. The van der Waals surface area contributed by atoms with Gasteiger partial charge in [-0.3, -0.25) is 4.79 Å². The van der Waals surface area contributed by atoms with E-state index in [9.17, 15) is 18.0 Å². The predicted molar refractivity (Wildman–Crippen MR) is 106 cm³/mol. The largest absolute Gasteiger partial charge is 0.493 e. The zero-order valence-electron chi connectivity index (χ0n) is 16.3. The van der Waals surface area contributed by atoms with Gasteiger partial charge >= 0.3 is 5.97 Å². The molecular formula is C18H23ClN2O7S. The Morgan fingerprint density at radius 2 is 1.97 bits per heavy atom. The summed E-state index contributed by atoms with van der Waals surface area (Å²) in [5.74, 6) is -1.67. The van der Waals surface area contributed by atoms with Crippen LogP contribution < -0.4 is 5.32 Å². The summed E-state index contributed by atoms with van der Waals surface area (Å²) < 4.78 is 41.7. The molecule has 1 aromatic rings. The number of benzene rings is 1. The zero-order chi connectivity index (χ0) is 21.6. The van der Waals surface area contributed by atoms with Gasteiger partial charge in [-0.2, -0.15) is 4.31 Å². The lowest BCUT2D eigenvalue weighted by molar-refractivity contribution is -0.153. The van der Waals surface area contributed by atoms with Crippen LogP contribution in [0.1, 0.15) is 20.8 Å². The maximum atomic E-state index is 12.7. The fourth-order valence-electron chi connectivity index (χ4n) is 2.46. The monoisotopic (exact) mass is 446 g/mol. The minimum Gasteiger partial charge on any atom is -0.493 e. The molecule has 0 fully saturated rings. The highest BCUT2D eigenvalue weighted by molar-refractivity contribution is 7.89. The van der Waals surface area contributed by atoms with Gasteiger partial charge in [0.05, 0.1) is 15.6 Å². The van der Waals surface area contributed by atoms with Gasteiger partial charge in [-0.25, -0.2) is 13.2 Å².